The fourth-order valence-electron chi connectivity index (χ4n) is 2.42. The lowest BCUT2D eigenvalue weighted by molar-refractivity contribution is -0.131. The summed E-state index contributed by atoms with van der Waals surface area (Å²) < 4.78 is 19.6. The summed E-state index contributed by atoms with van der Waals surface area (Å²) in [6.45, 7) is 0.142. The Bertz CT molecular complexity index is 913. The first kappa shape index (κ1) is 15.0. The van der Waals surface area contributed by atoms with Crippen LogP contribution in [0.5, 0.6) is 0 Å². The average molecular weight is 314 g/mol. The third kappa shape index (κ3) is 3.15. The van der Waals surface area contributed by atoms with Crippen LogP contribution in [-0.4, -0.2) is 22.4 Å². The van der Waals surface area contributed by atoms with Crippen molar-refractivity contribution in [3.63, 3.8) is 0 Å². The zero-order chi connectivity index (χ0) is 16.4. The normalized spacial score (nSPS) is 10.9. The Kier molecular flexibility index (Phi) is 3.97. The van der Waals surface area contributed by atoms with Gasteiger partial charge in [0.05, 0.1) is 5.52 Å². The number of aromatic nitrogens is 1. The van der Waals surface area contributed by atoms with Crippen molar-refractivity contribution in [1.82, 2.24) is 9.47 Å². The second kappa shape index (κ2) is 6.08. The summed E-state index contributed by atoms with van der Waals surface area (Å²) in [5.41, 5.74) is 1.70. The van der Waals surface area contributed by atoms with Crippen LogP contribution >= 0.6 is 0 Å². The molecule has 0 N–H and O–H groups in total. The van der Waals surface area contributed by atoms with Crippen LogP contribution in [0, 0.1) is 5.82 Å². The van der Waals surface area contributed by atoms with E-state index in [1.165, 1.54) is 21.6 Å². The molecule has 0 aliphatic heterocycles. The molecular formula is C17H15FN2O3. The highest BCUT2D eigenvalue weighted by molar-refractivity contribution is 5.79. The van der Waals surface area contributed by atoms with Crippen LogP contribution in [-0.2, 0) is 17.9 Å². The molecule has 0 atom stereocenters. The molecule has 0 aliphatic rings. The third-order valence-corrected chi connectivity index (χ3v) is 3.60. The fourth-order valence-corrected chi connectivity index (χ4v) is 2.42. The summed E-state index contributed by atoms with van der Waals surface area (Å²) in [5.74, 6) is -1.18. The lowest BCUT2D eigenvalue weighted by Crippen LogP contribution is -2.32. The first-order valence-electron chi connectivity index (χ1n) is 7.11. The summed E-state index contributed by atoms with van der Waals surface area (Å²) in [7, 11) is 1.61. The van der Waals surface area contributed by atoms with Crippen molar-refractivity contribution in [2.45, 2.75) is 13.1 Å². The van der Waals surface area contributed by atoms with Gasteiger partial charge in [-0.15, -0.1) is 0 Å². The summed E-state index contributed by atoms with van der Waals surface area (Å²) >= 11 is 0. The monoisotopic (exact) mass is 314 g/mol. The van der Waals surface area contributed by atoms with E-state index in [-0.39, 0.29) is 24.8 Å². The highest BCUT2D eigenvalue weighted by atomic mass is 19.1. The maximum absolute atomic E-state index is 13.2. The number of oxazole rings is 1. The number of nitrogens with zero attached hydrogens (tertiary/aromatic N) is 2. The van der Waals surface area contributed by atoms with E-state index in [2.05, 4.69) is 0 Å². The second-order valence-electron chi connectivity index (χ2n) is 5.30. The van der Waals surface area contributed by atoms with E-state index in [9.17, 15) is 14.0 Å². The number of hydrogen-bond donors (Lipinski definition) is 0. The van der Waals surface area contributed by atoms with Gasteiger partial charge in [-0.1, -0.05) is 24.3 Å². The Morgan fingerprint density at radius 2 is 2.00 bits per heavy atom. The molecule has 0 fully saturated rings. The third-order valence-electron chi connectivity index (χ3n) is 3.60. The van der Waals surface area contributed by atoms with Gasteiger partial charge in [-0.2, -0.15) is 0 Å². The Labute approximate surface area is 131 Å². The number of carbonyl (C=O) groups excluding carboxylic acids is 1. The highest BCUT2D eigenvalue weighted by Crippen LogP contribution is 2.12. The molecule has 6 heteroatoms. The molecular weight excluding hydrogens is 299 g/mol. The van der Waals surface area contributed by atoms with Crippen molar-refractivity contribution >= 4 is 17.0 Å². The summed E-state index contributed by atoms with van der Waals surface area (Å²) in [5, 5.41) is 0. The molecule has 1 aromatic heterocycles. The Morgan fingerprint density at radius 1 is 1.22 bits per heavy atom. The summed E-state index contributed by atoms with van der Waals surface area (Å²) in [6, 6.07) is 13.0. The Morgan fingerprint density at radius 3 is 2.78 bits per heavy atom. The standard InChI is InChI=1S/C17H15FN2O3/c1-19(10-12-5-4-6-13(18)9-12)16(21)11-20-14-7-2-3-8-15(14)23-17(20)22/h2-9H,10-11H2,1H3. The van der Waals surface area contributed by atoms with Crippen LogP contribution in [0.4, 0.5) is 4.39 Å². The van der Waals surface area contributed by atoms with Crippen LogP contribution in [0.3, 0.4) is 0 Å². The predicted octanol–water partition coefficient (Wildman–Crippen LogP) is 2.39. The van der Waals surface area contributed by atoms with E-state index in [0.29, 0.717) is 16.7 Å². The van der Waals surface area contributed by atoms with Gasteiger partial charge < -0.3 is 9.32 Å². The molecule has 0 saturated carbocycles. The zero-order valence-electron chi connectivity index (χ0n) is 12.5. The average Bonchev–Trinajstić information content (AvgIpc) is 2.83. The number of hydrogen-bond acceptors (Lipinski definition) is 3. The van der Waals surface area contributed by atoms with Gasteiger partial charge in [-0.25, -0.2) is 9.18 Å². The van der Waals surface area contributed by atoms with Gasteiger partial charge in [0.25, 0.3) is 0 Å². The van der Waals surface area contributed by atoms with Crippen LogP contribution in [0.1, 0.15) is 5.56 Å². The van der Waals surface area contributed by atoms with Gasteiger partial charge in [-0.05, 0) is 29.8 Å². The molecule has 0 radical (unpaired) electrons. The molecule has 0 saturated heterocycles. The fraction of sp³-hybridized carbons (Fsp3) is 0.176. The van der Waals surface area contributed by atoms with E-state index in [0.717, 1.165) is 0 Å². The second-order valence-corrected chi connectivity index (χ2v) is 5.30. The molecule has 118 valence electrons. The summed E-state index contributed by atoms with van der Waals surface area (Å²) in [4.78, 5) is 25.6. The first-order chi connectivity index (χ1) is 11.0. The van der Waals surface area contributed by atoms with Gasteiger partial charge in [0, 0.05) is 13.6 Å². The highest BCUT2D eigenvalue weighted by Gasteiger charge is 2.15. The molecule has 3 aromatic rings. The largest absolute Gasteiger partial charge is 0.420 e. The first-order valence-corrected chi connectivity index (χ1v) is 7.11. The summed E-state index contributed by atoms with van der Waals surface area (Å²) in [6.07, 6.45) is 0. The molecule has 0 bridgehead atoms. The molecule has 23 heavy (non-hydrogen) atoms. The Balaban J connectivity index is 1.78. The lowest BCUT2D eigenvalue weighted by atomic mass is 10.2. The maximum Gasteiger partial charge on any atom is 0.420 e. The van der Waals surface area contributed by atoms with Gasteiger partial charge >= 0.3 is 5.76 Å². The van der Waals surface area contributed by atoms with E-state index in [4.69, 9.17) is 4.42 Å². The number of amides is 1. The molecule has 5 nitrogen and oxygen atoms in total. The molecule has 2 aromatic carbocycles. The van der Waals surface area contributed by atoms with E-state index in [1.807, 2.05) is 0 Å². The minimum absolute atomic E-state index is 0.123. The molecule has 3 rings (SSSR count). The van der Waals surface area contributed by atoms with Crippen molar-refractivity contribution < 1.29 is 13.6 Å². The maximum atomic E-state index is 13.2. The predicted molar refractivity (Wildman–Crippen MR) is 83.3 cm³/mol. The van der Waals surface area contributed by atoms with Crippen LogP contribution in [0.25, 0.3) is 11.1 Å². The number of benzene rings is 2. The van der Waals surface area contributed by atoms with Gasteiger partial charge in [0.1, 0.15) is 12.4 Å². The molecule has 0 aliphatic carbocycles. The number of halogens is 1. The van der Waals surface area contributed by atoms with Crippen molar-refractivity contribution in [3.8, 4) is 0 Å². The van der Waals surface area contributed by atoms with Gasteiger partial charge in [-0.3, -0.25) is 9.36 Å². The van der Waals surface area contributed by atoms with Crippen LogP contribution < -0.4 is 5.76 Å². The van der Waals surface area contributed by atoms with E-state index < -0.39 is 5.76 Å². The lowest BCUT2D eigenvalue weighted by Gasteiger charge is -2.17. The topological polar surface area (TPSA) is 55.5 Å². The quantitative estimate of drug-likeness (QED) is 0.743. The molecule has 1 amide bonds. The molecule has 0 spiro atoms. The van der Waals surface area contributed by atoms with Gasteiger partial charge in [0.2, 0.25) is 5.91 Å². The zero-order valence-corrected chi connectivity index (χ0v) is 12.5. The number of likely N-dealkylation sites (N-methyl/N-ethyl adjacent to an activating group) is 1. The SMILES string of the molecule is CN(Cc1cccc(F)c1)C(=O)Cn1c(=O)oc2ccccc21. The van der Waals surface area contributed by atoms with E-state index >= 15 is 0 Å². The van der Waals surface area contributed by atoms with Crippen molar-refractivity contribution in [2.24, 2.45) is 0 Å². The van der Waals surface area contributed by atoms with Crippen molar-refractivity contribution in [2.75, 3.05) is 7.05 Å². The minimum atomic E-state index is -0.571. The number of rotatable bonds is 4. The number of para-hydroxylation sites is 2. The minimum Gasteiger partial charge on any atom is -0.408 e. The number of fused-ring (bicyclic) bond motifs is 1. The Hall–Kier alpha value is -2.89. The molecule has 1 heterocycles. The van der Waals surface area contributed by atoms with Crippen molar-refractivity contribution in [3.05, 3.63) is 70.5 Å². The van der Waals surface area contributed by atoms with E-state index in [1.54, 1.807) is 43.4 Å². The van der Waals surface area contributed by atoms with Crippen LogP contribution in [0.15, 0.2) is 57.7 Å². The number of carbonyl (C=O) groups is 1. The van der Waals surface area contributed by atoms with Gasteiger partial charge in [0.15, 0.2) is 5.58 Å². The smallest absolute Gasteiger partial charge is 0.408 e. The van der Waals surface area contributed by atoms with Crippen LogP contribution in [0.2, 0.25) is 0 Å². The molecule has 0 unspecified atom stereocenters. The van der Waals surface area contributed by atoms with Crippen molar-refractivity contribution in [1.29, 1.82) is 0 Å².